The van der Waals surface area contributed by atoms with Crippen molar-refractivity contribution in [3.8, 4) is 5.75 Å². The molecule has 1 aromatic heterocycles. The molecule has 18 heavy (non-hydrogen) atoms. The van der Waals surface area contributed by atoms with Crippen molar-refractivity contribution in [3.05, 3.63) is 58.3 Å². The van der Waals surface area contributed by atoms with E-state index in [1.165, 1.54) is 0 Å². The van der Waals surface area contributed by atoms with E-state index in [0.717, 1.165) is 15.8 Å². The number of aromatic nitrogens is 1. The summed E-state index contributed by atoms with van der Waals surface area (Å²) in [5.74, 6) is 0.797. The molecule has 3 nitrogen and oxygen atoms in total. The number of halogens is 1. The number of pyridine rings is 1. The fraction of sp³-hybridized carbons (Fsp3) is 0.0769. The van der Waals surface area contributed by atoms with E-state index in [1.807, 2.05) is 36.4 Å². The Bertz CT molecular complexity index is 574. The van der Waals surface area contributed by atoms with E-state index in [2.05, 4.69) is 20.9 Å². The molecule has 2 N–H and O–H groups in total. The molecule has 0 saturated carbocycles. The Morgan fingerprint density at radius 3 is 2.83 bits per heavy atom. The molecule has 0 aliphatic heterocycles. The van der Waals surface area contributed by atoms with Crippen molar-refractivity contribution < 1.29 is 4.74 Å². The van der Waals surface area contributed by atoms with Crippen LogP contribution in [0.1, 0.15) is 11.3 Å². The summed E-state index contributed by atoms with van der Waals surface area (Å²) in [5.41, 5.74) is 7.12. The smallest absolute Gasteiger partial charge is 0.133 e. The van der Waals surface area contributed by atoms with Crippen molar-refractivity contribution >= 4 is 33.1 Å². The van der Waals surface area contributed by atoms with Crippen LogP contribution in [-0.2, 0) is 6.61 Å². The molecule has 0 radical (unpaired) electrons. The fourth-order valence-corrected chi connectivity index (χ4v) is 1.93. The van der Waals surface area contributed by atoms with E-state index in [4.69, 9.17) is 22.7 Å². The lowest BCUT2D eigenvalue weighted by atomic mass is 10.2. The summed E-state index contributed by atoms with van der Waals surface area (Å²) in [6.45, 7) is 0.445. The largest absolute Gasteiger partial charge is 0.488 e. The zero-order chi connectivity index (χ0) is 13.0. The molecule has 1 aromatic carbocycles. The van der Waals surface area contributed by atoms with Gasteiger partial charge in [-0.05, 0) is 45.8 Å². The molecule has 0 atom stereocenters. The van der Waals surface area contributed by atoms with Crippen LogP contribution in [0.15, 0.2) is 47.1 Å². The number of benzene rings is 1. The van der Waals surface area contributed by atoms with Crippen LogP contribution >= 0.6 is 28.1 Å². The molecule has 0 spiro atoms. The van der Waals surface area contributed by atoms with Gasteiger partial charge in [0, 0.05) is 6.20 Å². The van der Waals surface area contributed by atoms with Gasteiger partial charge in [0.05, 0.1) is 10.2 Å². The summed E-state index contributed by atoms with van der Waals surface area (Å²) in [6, 6.07) is 11.4. The molecule has 0 amide bonds. The maximum absolute atomic E-state index is 5.70. The molecule has 92 valence electrons. The monoisotopic (exact) mass is 322 g/mol. The van der Waals surface area contributed by atoms with Crippen LogP contribution in [0, 0.1) is 0 Å². The van der Waals surface area contributed by atoms with Crippen LogP contribution in [0.25, 0.3) is 0 Å². The standard InChI is InChI=1S/C13H11BrN2OS/c14-10-3-1-2-4-12(10)17-8-9-5-6-16-11(7-9)13(15)18/h1-7H,8H2,(H2,15,18). The van der Waals surface area contributed by atoms with Crippen molar-refractivity contribution in [2.75, 3.05) is 0 Å². The molecule has 0 saturated heterocycles. The zero-order valence-corrected chi connectivity index (χ0v) is 11.9. The predicted octanol–water partition coefficient (Wildman–Crippen LogP) is 3.06. The highest BCUT2D eigenvalue weighted by Gasteiger charge is 2.03. The molecular formula is C13H11BrN2OS. The van der Waals surface area contributed by atoms with Crippen LogP contribution in [-0.4, -0.2) is 9.97 Å². The van der Waals surface area contributed by atoms with Gasteiger partial charge in [-0.3, -0.25) is 4.98 Å². The second-order valence-electron chi connectivity index (χ2n) is 3.63. The van der Waals surface area contributed by atoms with Gasteiger partial charge in [0.2, 0.25) is 0 Å². The van der Waals surface area contributed by atoms with Crippen LogP contribution < -0.4 is 10.5 Å². The van der Waals surface area contributed by atoms with Crippen LogP contribution in [0.4, 0.5) is 0 Å². The Morgan fingerprint density at radius 1 is 1.33 bits per heavy atom. The summed E-state index contributed by atoms with van der Waals surface area (Å²) in [5, 5.41) is 0. The van der Waals surface area contributed by atoms with Crippen LogP contribution in [0.3, 0.4) is 0 Å². The van der Waals surface area contributed by atoms with Crippen molar-refractivity contribution in [3.63, 3.8) is 0 Å². The summed E-state index contributed by atoms with van der Waals surface area (Å²) in [4.78, 5) is 4.37. The number of nitrogens with zero attached hydrogens (tertiary/aromatic N) is 1. The average Bonchev–Trinajstić information content (AvgIpc) is 2.38. The molecule has 0 bridgehead atoms. The van der Waals surface area contributed by atoms with Gasteiger partial charge >= 0.3 is 0 Å². The zero-order valence-electron chi connectivity index (χ0n) is 9.47. The van der Waals surface area contributed by atoms with Crippen LogP contribution in [0.5, 0.6) is 5.75 Å². The molecule has 5 heteroatoms. The SMILES string of the molecule is NC(=S)c1cc(COc2ccccc2Br)ccn1. The number of rotatable bonds is 4. The first-order valence-electron chi connectivity index (χ1n) is 5.29. The number of ether oxygens (including phenoxy) is 1. The molecule has 2 rings (SSSR count). The second kappa shape index (κ2) is 5.93. The molecule has 0 unspecified atom stereocenters. The highest BCUT2D eigenvalue weighted by molar-refractivity contribution is 9.10. The van der Waals surface area contributed by atoms with E-state index in [-0.39, 0.29) is 4.99 Å². The Balaban J connectivity index is 2.09. The predicted molar refractivity (Wildman–Crippen MR) is 78.6 cm³/mol. The number of para-hydroxylation sites is 1. The lowest BCUT2D eigenvalue weighted by Gasteiger charge is -2.08. The summed E-state index contributed by atoms with van der Waals surface area (Å²) in [7, 11) is 0. The van der Waals surface area contributed by atoms with Crippen molar-refractivity contribution in [2.24, 2.45) is 5.73 Å². The third-order valence-corrected chi connectivity index (χ3v) is 3.17. The average molecular weight is 323 g/mol. The first kappa shape index (κ1) is 13.0. The van der Waals surface area contributed by atoms with E-state index >= 15 is 0 Å². The van der Waals surface area contributed by atoms with Gasteiger partial charge in [0.25, 0.3) is 0 Å². The third kappa shape index (κ3) is 3.27. The van der Waals surface area contributed by atoms with Gasteiger partial charge in [0.1, 0.15) is 17.3 Å². The molecular weight excluding hydrogens is 312 g/mol. The minimum absolute atomic E-state index is 0.290. The van der Waals surface area contributed by atoms with Gasteiger partial charge in [-0.1, -0.05) is 24.4 Å². The van der Waals surface area contributed by atoms with Crippen molar-refractivity contribution in [2.45, 2.75) is 6.61 Å². The van der Waals surface area contributed by atoms with E-state index in [0.29, 0.717) is 12.3 Å². The van der Waals surface area contributed by atoms with Gasteiger partial charge in [-0.25, -0.2) is 0 Å². The summed E-state index contributed by atoms with van der Waals surface area (Å²) in [6.07, 6.45) is 1.67. The van der Waals surface area contributed by atoms with Crippen molar-refractivity contribution in [1.82, 2.24) is 4.98 Å². The molecule has 0 aliphatic carbocycles. The minimum Gasteiger partial charge on any atom is -0.488 e. The van der Waals surface area contributed by atoms with Crippen LogP contribution in [0.2, 0.25) is 0 Å². The van der Waals surface area contributed by atoms with Gasteiger partial charge in [0.15, 0.2) is 0 Å². The number of hydrogen-bond acceptors (Lipinski definition) is 3. The van der Waals surface area contributed by atoms with Gasteiger partial charge in [-0.15, -0.1) is 0 Å². The number of hydrogen-bond donors (Lipinski definition) is 1. The Morgan fingerprint density at radius 2 is 2.11 bits per heavy atom. The molecule has 0 aliphatic rings. The maximum atomic E-state index is 5.70. The normalized spacial score (nSPS) is 10.1. The highest BCUT2D eigenvalue weighted by atomic mass is 79.9. The first-order valence-corrected chi connectivity index (χ1v) is 6.49. The fourth-order valence-electron chi connectivity index (χ4n) is 1.42. The molecule has 1 heterocycles. The van der Waals surface area contributed by atoms with Crippen molar-refractivity contribution in [1.29, 1.82) is 0 Å². The highest BCUT2D eigenvalue weighted by Crippen LogP contribution is 2.24. The Hall–Kier alpha value is -1.46. The minimum atomic E-state index is 0.290. The Kier molecular flexibility index (Phi) is 4.28. The van der Waals surface area contributed by atoms with Gasteiger partial charge in [-0.2, -0.15) is 0 Å². The summed E-state index contributed by atoms with van der Waals surface area (Å²) < 4.78 is 6.62. The molecule has 2 aromatic rings. The number of nitrogens with two attached hydrogens (primary N) is 1. The van der Waals surface area contributed by atoms with E-state index in [9.17, 15) is 0 Å². The lowest BCUT2D eigenvalue weighted by Crippen LogP contribution is -2.12. The Labute approximate surface area is 119 Å². The lowest BCUT2D eigenvalue weighted by molar-refractivity contribution is 0.304. The topological polar surface area (TPSA) is 48.1 Å². The van der Waals surface area contributed by atoms with Gasteiger partial charge < -0.3 is 10.5 Å². The first-order chi connectivity index (χ1) is 8.66. The molecule has 0 fully saturated rings. The third-order valence-electron chi connectivity index (χ3n) is 2.31. The number of thiocarbonyl (C=S) groups is 1. The summed E-state index contributed by atoms with van der Waals surface area (Å²) >= 11 is 8.32. The second-order valence-corrected chi connectivity index (χ2v) is 4.93. The quantitative estimate of drug-likeness (QED) is 0.879. The van der Waals surface area contributed by atoms with E-state index < -0.39 is 0 Å². The van der Waals surface area contributed by atoms with E-state index in [1.54, 1.807) is 6.20 Å². The maximum Gasteiger partial charge on any atom is 0.133 e.